The molecule has 2 heterocycles. The largest absolute Gasteiger partial charge is 0.381 e. The van der Waals surface area contributed by atoms with Crippen LogP contribution >= 0.6 is 38.9 Å². The number of hydrogen-bond acceptors (Lipinski definition) is 3. The van der Waals surface area contributed by atoms with E-state index in [1.807, 2.05) is 0 Å². The first kappa shape index (κ1) is 11.9. The van der Waals surface area contributed by atoms with Crippen molar-refractivity contribution in [2.45, 2.75) is 25.4 Å². The van der Waals surface area contributed by atoms with Crippen LogP contribution in [-0.2, 0) is 11.3 Å². The Morgan fingerprint density at radius 2 is 2.27 bits per heavy atom. The Morgan fingerprint density at radius 3 is 2.87 bits per heavy atom. The third-order valence-corrected chi connectivity index (χ3v) is 4.96. The zero-order chi connectivity index (χ0) is 10.7. The molecule has 0 saturated carbocycles. The van der Waals surface area contributed by atoms with Gasteiger partial charge >= 0.3 is 0 Å². The average Bonchev–Trinajstić information content (AvgIpc) is 2.57. The van der Waals surface area contributed by atoms with E-state index in [4.69, 9.17) is 16.3 Å². The second kappa shape index (κ2) is 5.64. The van der Waals surface area contributed by atoms with Crippen LogP contribution in [0.5, 0.6) is 0 Å². The first-order valence-electron chi connectivity index (χ1n) is 5.00. The highest BCUT2D eigenvalue weighted by atomic mass is 79.9. The van der Waals surface area contributed by atoms with E-state index in [1.54, 1.807) is 11.3 Å². The molecule has 0 aliphatic carbocycles. The van der Waals surface area contributed by atoms with Crippen molar-refractivity contribution >= 4 is 38.9 Å². The van der Waals surface area contributed by atoms with Crippen LogP contribution in [0.1, 0.15) is 17.7 Å². The smallest absolute Gasteiger partial charge is 0.107 e. The van der Waals surface area contributed by atoms with Gasteiger partial charge in [0.1, 0.15) is 4.34 Å². The zero-order valence-electron chi connectivity index (χ0n) is 8.26. The first-order valence-corrected chi connectivity index (χ1v) is 6.99. The minimum atomic E-state index is 0.596. The highest BCUT2D eigenvalue weighted by Gasteiger charge is 2.13. The Bertz CT molecular complexity index is 306. The molecular formula is C10H13BrClNOS. The van der Waals surface area contributed by atoms with Crippen molar-refractivity contribution in [1.29, 1.82) is 0 Å². The lowest BCUT2D eigenvalue weighted by molar-refractivity contribution is 0.0777. The van der Waals surface area contributed by atoms with Crippen LogP contribution in [0.15, 0.2) is 10.5 Å². The van der Waals surface area contributed by atoms with Gasteiger partial charge in [-0.05, 0) is 34.8 Å². The molecule has 0 aromatic carbocycles. The minimum Gasteiger partial charge on any atom is -0.381 e. The maximum atomic E-state index is 5.97. The average molecular weight is 311 g/mol. The summed E-state index contributed by atoms with van der Waals surface area (Å²) in [4.78, 5) is 1.28. The fourth-order valence-electron chi connectivity index (χ4n) is 1.63. The van der Waals surface area contributed by atoms with Crippen LogP contribution in [0.2, 0.25) is 4.34 Å². The van der Waals surface area contributed by atoms with Gasteiger partial charge in [0.2, 0.25) is 0 Å². The van der Waals surface area contributed by atoms with Gasteiger partial charge in [0.25, 0.3) is 0 Å². The highest BCUT2D eigenvalue weighted by molar-refractivity contribution is 9.10. The Morgan fingerprint density at radius 1 is 1.53 bits per heavy atom. The molecule has 1 N–H and O–H groups in total. The predicted octanol–water partition coefficient (Wildman–Crippen LogP) is 3.43. The second-order valence-corrected chi connectivity index (χ2v) is 6.20. The van der Waals surface area contributed by atoms with E-state index in [0.29, 0.717) is 6.04 Å². The summed E-state index contributed by atoms with van der Waals surface area (Å²) < 4.78 is 7.14. The second-order valence-electron chi connectivity index (χ2n) is 3.60. The molecular weight excluding hydrogens is 298 g/mol. The summed E-state index contributed by atoms with van der Waals surface area (Å²) in [5.74, 6) is 0. The van der Waals surface area contributed by atoms with Crippen molar-refractivity contribution in [1.82, 2.24) is 5.32 Å². The van der Waals surface area contributed by atoms with Crippen LogP contribution in [-0.4, -0.2) is 19.3 Å². The molecule has 1 fully saturated rings. The molecule has 5 heteroatoms. The van der Waals surface area contributed by atoms with Crippen LogP contribution in [0.3, 0.4) is 0 Å². The van der Waals surface area contributed by atoms with Crippen LogP contribution in [0.25, 0.3) is 0 Å². The number of nitrogens with one attached hydrogen (secondary N) is 1. The summed E-state index contributed by atoms with van der Waals surface area (Å²) >= 11 is 11.0. The van der Waals surface area contributed by atoms with Crippen molar-refractivity contribution in [2.24, 2.45) is 0 Å². The Kier molecular flexibility index (Phi) is 4.46. The molecule has 2 rings (SSSR count). The van der Waals surface area contributed by atoms with E-state index >= 15 is 0 Å². The van der Waals surface area contributed by atoms with Crippen LogP contribution in [0, 0.1) is 0 Å². The van der Waals surface area contributed by atoms with E-state index < -0.39 is 0 Å². The molecule has 1 aromatic heterocycles. The first-order chi connectivity index (χ1) is 7.25. The maximum Gasteiger partial charge on any atom is 0.107 e. The molecule has 0 amide bonds. The quantitative estimate of drug-likeness (QED) is 0.923. The summed E-state index contributed by atoms with van der Waals surface area (Å²) in [5, 5.41) is 3.53. The SMILES string of the molecule is Clc1sc(CNC2CCOCC2)cc1Br. The standard InChI is InChI=1S/C10H13BrClNOS/c11-9-5-8(15-10(9)12)6-13-7-1-3-14-4-2-7/h5,7,13H,1-4,6H2. The molecule has 1 aliphatic heterocycles. The summed E-state index contributed by atoms with van der Waals surface area (Å²) in [6.07, 6.45) is 2.22. The number of ether oxygens (including phenoxy) is 1. The van der Waals surface area contributed by atoms with Gasteiger partial charge in [-0.2, -0.15) is 0 Å². The van der Waals surface area contributed by atoms with E-state index in [-0.39, 0.29) is 0 Å². The summed E-state index contributed by atoms with van der Waals surface area (Å²) in [6.45, 7) is 2.67. The molecule has 0 spiro atoms. The molecule has 0 unspecified atom stereocenters. The van der Waals surface area contributed by atoms with Crippen molar-refractivity contribution < 1.29 is 4.74 Å². The van der Waals surface area contributed by atoms with Gasteiger partial charge in [-0.25, -0.2) is 0 Å². The van der Waals surface area contributed by atoms with Crippen molar-refractivity contribution in [3.05, 3.63) is 19.8 Å². The number of hydrogen-bond donors (Lipinski definition) is 1. The van der Waals surface area contributed by atoms with Crippen molar-refractivity contribution in [2.75, 3.05) is 13.2 Å². The van der Waals surface area contributed by atoms with Gasteiger partial charge in [0, 0.05) is 35.2 Å². The van der Waals surface area contributed by atoms with E-state index in [2.05, 4.69) is 27.3 Å². The monoisotopic (exact) mass is 309 g/mol. The van der Waals surface area contributed by atoms with Gasteiger partial charge in [0.15, 0.2) is 0 Å². The zero-order valence-corrected chi connectivity index (χ0v) is 11.4. The number of halogens is 2. The Labute approximate surface area is 107 Å². The van der Waals surface area contributed by atoms with Gasteiger partial charge < -0.3 is 10.1 Å². The van der Waals surface area contributed by atoms with E-state index in [0.717, 1.165) is 41.4 Å². The number of thiophene rings is 1. The van der Waals surface area contributed by atoms with Gasteiger partial charge in [-0.15, -0.1) is 11.3 Å². The molecule has 15 heavy (non-hydrogen) atoms. The van der Waals surface area contributed by atoms with E-state index in [9.17, 15) is 0 Å². The normalized spacial score (nSPS) is 18.3. The van der Waals surface area contributed by atoms with Crippen LogP contribution in [0.4, 0.5) is 0 Å². The third kappa shape index (κ3) is 3.43. The van der Waals surface area contributed by atoms with Gasteiger partial charge in [-0.1, -0.05) is 11.6 Å². The molecule has 84 valence electrons. The maximum absolute atomic E-state index is 5.97. The Hall–Kier alpha value is 0.390. The molecule has 1 aliphatic rings. The van der Waals surface area contributed by atoms with Gasteiger partial charge in [0.05, 0.1) is 0 Å². The number of rotatable bonds is 3. The van der Waals surface area contributed by atoms with Crippen LogP contribution < -0.4 is 5.32 Å². The molecule has 1 saturated heterocycles. The summed E-state index contributed by atoms with van der Waals surface area (Å²) in [7, 11) is 0. The molecule has 0 atom stereocenters. The topological polar surface area (TPSA) is 21.3 Å². The minimum absolute atomic E-state index is 0.596. The van der Waals surface area contributed by atoms with E-state index in [1.165, 1.54) is 4.88 Å². The third-order valence-electron chi connectivity index (χ3n) is 2.48. The van der Waals surface area contributed by atoms with Gasteiger partial charge in [-0.3, -0.25) is 0 Å². The molecule has 2 nitrogen and oxygen atoms in total. The lowest BCUT2D eigenvalue weighted by atomic mass is 10.1. The Balaban J connectivity index is 1.81. The fraction of sp³-hybridized carbons (Fsp3) is 0.600. The molecule has 1 aromatic rings. The summed E-state index contributed by atoms with van der Waals surface area (Å²) in [5.41, 5.74) is 0. The molecule has 0 radical (unpaired) electrons. The fourth-order valence-corrected chi connectivity index (χ4v) is 3.37. The lowest BCUT2D eigenvalue weighted by Gasteiger charge is -2.22. The highest BCUT2D eigenvalue weighted by Crippen LogP contribution is 2.31. The molecule has 0 bridgehead atoms. The summed E-state index contributed by atoms with van der Waals surface area (Å²) in [6, 6.07) is 2.68. The predicted molar refractivity (Wildman–Crippen MR) is 67.7 cm³/mol. The van der Waals surface area contributed by atoms with Crippen molar-refractivity contribution in [3.63, 3.8) is 0 Å². The van der Waals surface area contributed by atoms with Crippen molar-refractivity contribution in [3.8, 4) is 0 Å². The lowest BCUT2D eigenvalue weighted by Crippen LogP contribution is -2.34.